The number of hydrogen-bond acceptors (Lipinski definition) is 3. The van der Waals surface area contributed by atoms with E-state index < -0.39 is 0 Å². The van der Waals surface area contributed by atoms with E-state index in [1.165, 1.54) is 0 Å². The van der Waals surface area contributed by atoms with Gasteiger partial charge in [0, 0.05) is 12.2 Å². The van der Waals surface area contributed by atoms with E-state index in [0.717, 1.165) is 0 Å². The molecule has 18 heavy (non-hydrogen) atoms. The predicted molar refractivity (Wildman–Crippen MR) is 72.4 cm³/mol. The van der Waals surface area contributed by atoms with Crippen LogP contribution in [-0.2, 0) is 0 Å². The van der Waals surface area contributed by atoms with Crippen LogP contribution >= 0.6 is 0 Å². The van der Waals surface area contributed by atoms with Gasteiger partial charge in [-0.25, -0.2) is 0 Å². The van der Waals surface area contributed by atoms with E-state index >= 15 is 0 Å². The molecule has 1 aromatic carbocycles. The van der Waals surface area contributed by atoms with Crippen molar-refractivity contribution in [2.75, 3.05) is 25.4 Å². The zero-order valence-corrected chi connectivity index (χ0v) is 10.8. The Morgan fingerprint density at radius 3 is 2.78 bits per heavy atom. The van der Waals surface area contributed by atoms with E-state index in [0.29, 0.717) is 30.2 Å². The number of terminal acetylenes is 1. The van der Waals surface area contributed by atoms with Gasteiger partial charge in [0.25, 0.3) is 5.91 Å². The van der Waals surface area contributed by atoms with Gasteiger partial charge >= 0.3 is 0 Å². The van der Waals surface area contributed by atoms with Crippen LogP contribution in [0, 0.1) is 12.3 Å². The summed E-state index contributed by atoms with van der Waals surface area (Å²) in [6.45, 7) is 4.99. The number of amides is 1. The summed E-state index contributed by atoms with van der Waals surface area (Å²) in [5.74, 6) is 2.76. The van der Waals surface area contributed by atoms with E-state index in [1.807, 2.05) is 13.8 Å². The molecule has 0 saturated carbocycles. The monoisotopic (exact) mass is 246 g/mol. The molecule has 0 heterocycles. The summed E-state index contributed by atoms with van der Waals surface area (Å²) < 4.78 is 5.43. The van der Waals surface area contributed by atoms with E-state index in [1.54, 1.807) is 23.1 Å². The second-order valence-electron chi connectivity index (χ2n) is 3.68. The molecule has 4 nitrogen and oxygen atoms in total. The summed E-state index contributed by atoms with van der Waals surface area (Å²) in [6.07, 6.45) is 5.25. The van der Waals surface area contributed by atoms with Gasteiger partial charge in [0.15, 0.2) is 0 Å². The van der Waals surface area contributed by atoms with Gasteiger partial charge < -0.3 is 15.4 Å². The lowest BCUT2D eigenvalue weighted by molar-refractivity contribution is 0.0782. The highest BCUT2D eigenvalue weighted by Gasteiger charge is 2.20. The number of ether oxygens (including phenoxy) is 1. The maximum Gasteiger partial charge on any atom is 0.260 e. The van der Waals surface area contributed by atoms with E-state index in [-0.39, 0.29) is 12.5 Å². The molecule has 0 saturated heterocycles. The summed E-state index contributed by atoms with van der Waals surface area (Å²) in [6, 6.07) is 5.17. The third kappa shape index (κ3) is 2.95. The zero-order valence-electron chi connectivity index (χ0n) is 10.8. The van der Waals surface area contributed by atoms with E-state index in [2.05, 4.69) is 5.92 Å². The number of rotatable bonds is 5. The molecule has 0 aromatic heterocycles. The number of hydrogen-bond donors (Lipinski definition) is 1. The number of carbonyl (C=O) groups excluding carboxylic acids is 1. The van der Waals surface area contributed by atoms with Crippen molar-refractivity contribution in [3.63, 3.8) is 0 Å². The van der Waals surface area contributed by atoms with E-state index in [4.69, 9.17) is 16.9 Å². The van der Waals surface area contributed by atoms with Gasteiger partial charge in [-0.2, -0.15) is 0 Å². The van der Waals surface area contributed by atoms with Crippen molar-refractivity contribution >= 4 is 11.6 Å². The second-order valence-corrected chi connectivity index (χ2v) is 3.68. The minimum absolute atomic E-state index is 0.197. The third-order valence-corrected chi connectivity index (χ3v) is 2.52. The molecule has 1 aromatic rings. The lowest BCUT2D eigenvalue weighted by Crippen LogP contribution is -2.32. The molecule has 0 bridgehead atoms. The van der Waals surface area contributed by atoms with Crippen LogP contribution in [0.15, 0.2) is 18.2 Å². The number of carbonyl (C=O) groups is 1. The van der Waals surface area contributed by atoms with E-state index in [9.17, 15) is 4.79 Å². The second kappa shape index (κ2) is 6.55. The maximum atomic E-state index is 12.4. The summed E-state index contributed by atoms with van der Waals surface area (Å²) >= 11 is 0. The normalized spacial score (nSPS) is 9.61. The molecular weight excluding hydrogens is 228 g/mol. The fourth-order valence-corrected chi connectivity index (χ4v) is 1.65. The highest BCUT2D eigenvalue weighted by Crippen LogP contribution is 2.26. The van der Waals surface area contributed by atoms with Crippen molar-refractivity contribution in [2.24, 2.45) is 0 Å². The van der Waals surface area contributed by atoms with Gasteiger partial charge in [-0.1, -0.05) is 12.0 Å². The van der Waals surface area contributed by atoms with Gasteiger partial charge in [-0.05, 0) is 26.0 Å². The standard InChI is InChI=1S/C14H18N2O2/c1-4-10-16(5-2)14(17)13-11(15)8-7-9-12(13)18-6-3/h1,7-9H,5-6,10,15H2,2-3H3. The Kier molecular flexibility index (Phi) is 5.06. The van der Waals surface area contributed by atoms with Crippen LogP contribution in [-0.4, -0.2) is 30.5 Å². The molecule has 96 valence electrons. The lowest BCUT2D eigenvalue weighted by Gasteiger charge is -2.20. The average Bonchev–Trinajstić information content (AvgIpc) is 2.36. The molecule has 0 aliphatic carbocycles. The van der Waals surface area contributed by atoms with Gasteiger partial charge in [0.2, 0.25) is 0 Å². The number of nitrogens with two attached hydrogens (primary N) is 1. The molecule has 0 fully saturated rings. The lowest BCUT2D eigenvalue weighted by atomic mass is 10.1. The first-order chi connectivity index (χ1) is 8.65. The van der Waals surface area contributed by atoms with Gasteiger partial charge in [-0.3, -0.25) is 4.79 Å². The topological polar surface area (TPSA) is 55.6 Å². The summed E-state index contributed by atoms with van der Waals surface area (Å²) in [5.41, 5.74) is 6.65. The molecule has 0 aliphatic rings. The largest absolute Gasteiger partial charge is 0.493 e. The Morgan fingerprint density at radius 1 is 1.50 bits per heavy atom. The molecule has 0 atom stereocenters. The number of nitrogen functional groups attached to an aromatic ring is 1. The maximum absolute atomic E-state index is 12.4. The minimum atomic E-state index is -0.197. The van der Waals surface area contributed by atoms with Crippen LogP contribution in [0.25, 0.3) is 0 Å². The molecule has 0 radical (unpaired) electrons. The van der Waals surface area contributed by atoms with Crippen molar-refractivity contribution in [3.8, 4) is 18.1 Å². The molecule has 2 N–H and O–H groups in total. The zero-order chi connectivity index (χ0) is 13.5. The Labute approximate surface area is 108 Å². The first kappa shape index (κ1) is 13.9. The summed E-state index contributed by atoms with van der Waals surface area (Å²) in [4.78, 5) is 13.9. The quantitative estimate of drug-likeness (QED) is 0.636. The Morgan fingerprint density at radius 2 is 2.22 bits per heavy atom. The molecule has 1 amide bonds. The Balaban J connectivity index is 3.14. The van der Waals surface area contributed by atoms with Crippen LogP contribution in [0.1, 0.15) is 24.2 Å². The first-order valence-corrected chi connectivity index (χ1v) is 5.89. The van der Waals surface area contributed by atoms with Crippen LogP contribution in [0.2, 0.25) is 0 Å². The Hall–Kier alpha value is -2.15. The van der Waals surface area contributed by atoms with Crippen molar-refractivity contribution < 1.29 is 9.53 Å². The van der Waals surface area contributed by atoms with Crippen LogP contribution in [0.4, 0.5) is 5.69 Å². The van der Waals surface area contributed by atoms with Crippen molar-refractivity contribution in [3.05, 3.63) is 23.8 Å². The Bertz CT molecular complexity index is 463. The molecule has 0 aliphatic heterocycles. The highest BCUT2D eigenvalue weighted by atomic mass is 16.5. The van der Waals surface area contributed by atoms with Gasteiger partial charge in [0.05, 0.1) is 13.2 Å². The van der Waals surface area contributed by atoms with Gasteiger partial charge in [0.1, 0.15) is 11.3 Å². The van der Waals surface area contributed by atoms with Crippen molar-refractivity contribution in [1.29, 1.82) is 0 Å². The first-order valence-electron chi connectivity index (χ1n) is 5.89. The van der Waals surface area contributed by atoms with Crippen LogP contribution in [0.3, 0.4) is 0 Å². The van der Waals surface area contributed by atoms with Crippen molar-refractivity contribution in [1.82, 2.24) is 4.90 Å². The molecule has 0 unspecified atom stereocenters. The minimum Gasteiger partial charge on any atom is -0.493 e. The fourth-order valence-electron chi connectivity index (χ4n) is 1.65. The van der Waals surface area contributed by atoms with Crippen LogP contribution in [0.5, 0.6) is 5.75 Å². The third-order valence-electron chi connectivity index (χ3n) is 2.52. The molecule has 0 spiro atoms. The number of anilines is 1. The highest BCUT2D eigenvalue weighted by molar-refractivity contribution is 6.02. The molecule has 1 rings (SSSR count). The predicted octanol–water partition coefficient (Wildman–Crippen LogP) is 1.76. The fraction of sp³-hybridized carbons (Fsp3) is 0.357. The number of benzene rings is 1. The number of nitrogens with zero attached hydrogens (tertiary/aromatic N) is 1. The summed E-state index contributed by atoms with van der Waals surface area (Å²) in [7, 11) is 0. The summed E-state index contributed by atoms with van der Waals surface area (Å²) in [5, 5.41) is 0. The average molecular weight is 246 g/mol. The SMILES string of the molecule is C#CCN(CC)C(=O)c1c(N)cccc1OCC. The molecular formula is C14H18N2O2. The molecule has 4 heteroatoms. The van der Waals surface area contributed by atoms with Crippen LogP contribution < -0.4 is 10.5 Å². The smallest absolute Gasteiger partial charge is 0.260 e. The van der Waals surface area contributed by atoms with Crippen molar-refractivity contribution in [2.45, 2.75) is 13.8 Å². The van der Waals surface area contributed by atoms with Gasteiger partial charge in [-0.15, -0.1) is 6.42 Å².